The summed E-state index contributed by atoms with van der Waals surface area (Å²) in [5, 5.41) is 3.51. The van der Waals surface area contributed by atoms with Crippen molar-refractivity contribution in [1.82, 2.24) is 10.2 Å². The number of nitrogens with zero attached hydrogens (tertiary/aromatic N) is 1. The maximum atomic E-state index is 5.78. The lowest BCUT2D eigenvalue weighted by Crippen LogP contribution is -2.49. The van der Waals surface area contributed by atoms with Gasteiger partial charge in [0.25, 0.3) is 0 Å². The number of methoxy groups -OCH3 is 1. The molecule has 0 bridgehead atoms. The Balaban J connectivity index is 1.91. The largest absolute Gasteiger partial charge is 0.383 e. The molecule has 1 N–H and O–H groups in total. The van der Waals surface area contributed by atoms with Crippen LogP contribution in [0.2, 0.25) is 0 Å². The van der Waals surface area contributed by atoms with Gasteiger partial charge in [0, 0.05) is 38.7 Å². The molecule has 94 valence electrons. The van der Waals surface area contributed by atoms with E-state index in [4.69, 9.17) is 9.47 Å². The smallest absolute Gasteiger partial charge is 0.0593 e. The van der Waals surface area contributed by atoms with Crippen LogP contribution in [0.3, 0.4) is 0 Å². The number of hydrogen-bond donors (Lipinski definition) is 1. The Morgan fingerprint density at radius 1 is 1.50 bits per heavy atom. The molecule has 0 aromatic carbocycles. The molecule has 1 atom stereocenters. The lowest BCUT2D eigenvalue weighted by molar-refractivity contribution is 0.0475. The Bertz CT molecular complexity index is 205. The molecule has 2 heterocycles. The molecule has 0 saturated carbocycles. The van der Waals surface area contributed by atoms with Gasteiger partial charge in [-0.25, -0.2) is 0 Å². The lowest BCUT2D eigenvalue weighted by atomic mass is 9.81. The van der Waals surface area contributed by atoms with Crippen LogP contribution in [0.1, 0.15) is 12.8 Å². The van der Waals surface area contributed by atoms with Gasteiger partial charge in [-0.1, -0.05) is 0 Å². The summed E-state index contributed by atoms with van der Waals surface area (Å²) < 4.78 is 10.9. The maximum Gasteiger partial charge on any atom is 0.0593 e. The molecule has 4 nitrogen and oxygen atoms in total. The van der Waals surface area contributed by atoms with Crippen molar-refractivity contribution in [2.75, 3.05) is 59.7 Å². The summed E-state index contributed by atoms with van der Waals surface area (Å²) in [5.74, 6) is 0. The van der Waals surface area contributed by atoms with Crippen molar-refractivity contribution in [2.24, 2.45) is 5.41 Å². The Labute approximate surface area is 98.3 Å². The monoisotopic (exact) mass is 228 g/mol. The molecule has 2 fully saturated rings. The van der Waals surface area contributed by atoms with E-state index < -0.39 is 0 Å². The van der Waals surface area contributed by atoms with Crippen LogP contribution in [0.15, 0.2) is 0 Å². The van der Waals surface area contributed by atoms with Gasteiger partial charge < -0.3 is 14.8 Å². The first-order chi connectivity index (χ1) is 7.85. The summed E-state index contributed by atoms with van der Waals surface area (Å²) in [6.45, 7) is 8.12. The third-order valence-corrected chi connectivity index (χ3v) is 3.69. The number of nitrogens with one attached hydrogen (secondary N) is 1. The van der Waals surface area contributed by atoms with Crippen LogP contribution in [0.25, 0.3) is 0 Å². The highest BCUT2D eigenvalue weighted by Crippen LogP contribution is 2.29. The zero-order valence-corrected chi connectivity index (χ0v) is 10.3. The van der Waals surface area contributed by atoms with Gasteiger partial charge in [-0.15, -0.1) is 0 Å². The second kappa shape index (κ2) is 5.96. The van der Waals surface area contributed by atoms with Gasteiger partial charge >= 0.3 is 0 Å². The van der Waals surface area contributed by atoms with E-state index in [1.54, 1.807) is 7.11 Å². The van der Waals surface area contributed by atoms with Crippen molar-refractivity contribution >= 4 is 0 Å². The van der Waals surface area contributed by atoms with Gasteiger partial charge in [-0.05, 0) is 19.4 Å². The summed E-state index contributed by atoms with van der Waals surface area (Å²) in [5.41, 5.74) is 0.350. The van der Waals surface area contributed by atoms with Crippen LogP contribution in [0.4, 0.5) is 0 Å². The topological polar surface area (TPSA) is 33.7 Å². The molecular weight excluding hydrogens is 204 g/mol. The van der Waals surface area contributed by atoms with E-state index >= 15 is 0 Å². The van der Waals surface area contributed by atoms with Gasteiger partial charge in [-0.3, -0.25) is 4.90 Å². The molecule has 0 aromatic heterocycles. The molecule has 2 saturated heterocycles. The van der Waals surface area contributed by atoms with E-state index in [0.717, 1.165) is 46.0 Å². The van der Waals surface area contributed by atoms with E-state index in [0.29, 0.717) is 5.41 Å². The van der Waals surface area contributed by atoms with Crippen LogP contribution in [-0.4, -0.2) is 64.6 Å². The SMILES string of the molecule is COCCN1CCOC[C@]2(CCCNC2)C1. The Kier molecular flexibility index (Phi) is 4.58. The van der Waals surface area contributed by atoms with Crippen LogP contribution in [0.5, 0.6) is 0 Å². The highest BCUT2D eigenvalue weighted by atomic mass is 16.5. The molecule has 4 heteroatoms. The highest BCUT2D eigenvalue weighted by Gasteiger charge is 2.35. The predicted octanol–water partition coefficient (Wildman–Crippen LogP) is 0.335. The minimum atomic E-state index is 0.350. The van der Waals surface area contributed by atoms with Crippen molar-refractivity contribution in [1.29, 1.82) is 0 Å². The van der Waals surface area contributed by atoms with E-state index in [1.165, 1.54) is 19.4 Å². The molecule has 0 unspecified atom stereocenters. The average molecular weight is 228 g/mol. The molecule has 0 radical (unpaired) electrons. The van der Waals surface area contributed by atoms with Crippen LogP contribution >= 0.6 is 0 Å². The van der Waals surface area contributed by atoms with Crippen LogP contribution in [-0.2, 0) is 9.47 Å². The molecule has 0 amide bonds. The second-order valence-electron chi connectivity index (χ2n) is 5.10. The summed E-state index contributed by atoms with van der Waals surface area (Å²) in [6, 6.07) is 0. The van der Waals surface area contributed by atoms with Crippen LogP contribution in [0, 0.1) is 5.41 Å². The number of hydrogen-bond acceptors (Lipinski definition) is 4. The van der Waals surface area contributed by atoms with Gasteiger partial charge in [-0.2, -0.15) is 0 Å². The Morgan fingerprint density at radius 3 is 3.19 bits per heavy atom. The third kappa shape index (κ3) is 3.17. The minimum absolute atomic E-state index is 0.350. The fourth-order valence-electron chi connectivity index (χ4n) is 2.78. The molecule has 0 aromatic rings. The minimum Gasteiger partial charge on any atom is -0.383 e. The Hall–Kier alpha value is -0.160. The first-order valence-electron chi connectivity index (χ1n) is 6.34. The van der Waals surface area contributed by atoms with E-state index in [2.05, 4.69) is 10.2 Å². The summed E-state index contributed by atoms with van der Waals surface area (Å²) >= 11 is 0. The van der Waals surface area contributed by atoms with Crippen molar-refractivity contribution in [2.45, 2.75) is 12.8 Å². The third-order valence-electron chi connectivity index (χ3n) is 3.69. The number of rotatable bonds is 3. The molecule has 16 heavy (non-hydrogen) atoms. The fraction of sp³-hybridized carbons (Fsp3) is 1.00. The second-order valence-corrected chi connectivity index (χ2v) is 5.10. The Morgan fingerprint density at radius 2 is 2.44 bits per heavy atom. The van der Waals surface area contributed by atoms with Crippen molar-refractivity contribution in [3.63, 3.8) is 0 Å². The van der Waals surface area contributed by atoms with Gasteiger partial charge in [0.05, 0.1) is 19.8 Å². The predicted molar refractivity (Wildman–Crippen MR) is 63.7 cm³/mol. The van der Waals surface area contributed by atoms with E-state index in [9.17, 15) is 0 Å². The summed E-state index contributed by atoms with van der Waals surface area (Å²) in [7, 11) is 1.77. The number of piperidine rings is 1. The van der Waals surface area contributed by atoms with E-state index in [1.807, 2.05) is 0 Å². The standard InChI is InChI=1S/C12H24N2O2/c1-15-7-5-14-6-8-16-11-12(10-14)3-2-4-13-9-12/h13H,2-11H2,1H3/t12-/m0/s1. The molecule has 2 aliphatic rings. The van der Waals surface area contributed by atoms with E-state index in [-0.39, 0.29) is 0 Å². The first kappa shape index (κ1) is 12.3. The average Bonchev–Trinajstić information content (AvgIpc) is 2.50. The molecule has 2 aliphatic heterocycles. The van der Waals surface area contributed by atoms with Gasteiger partial charge in [0.15, 0.2) is 0 Å². The van der Waals surface area contributed by atoms with Crippen molar-refractivity contribution in [3.8, 4) is 0 Å². The van der Waals surface area contributed by atoms with Crippen molar-refractivity contribution in [3.05, 3.63) is 0 Å². The molecular formula is C12H24N2O2. The van der Waals surface area contributed by atoms with Crippen molar-refractivity contribution < 1.29 is 9.47 Å². The highest BCUT2D eigenvalue weighted by molar-refractivity contribution is 4.89. The fourth-order valence-corrected chi connectivity index (χ4v) is 2.78. The summed E-state index contributed by atoms with van der Waals surface area (Å²) in [4.78, 5) is 2.49. The first-order valence-corrected chi connectivity index (χ1v) is 6.34. The molecule has 1 spiro atoms. The van der Waals surface area contributed by atoms with Crippen LogP contribution < -0.4 is 5.32 Å². The zero-order chi connectivity index (χ0) is 11.3. The quantitative estimate of drug-likeness (QED) is 0.755. The zero-order valence-electron chi connectivity index (χ0n) is 10.3. The van der Waals surface area contributed by atoms with Gasteiger partial charge in [0.1, 0.15) is 0 Å². The van der Waals surface area contributed by atoms with Gasteiger partial charge in [0.2, 0.25) is 0 Å². The number of ether oxygens (including phenoxy) is 2. The summed E-state index contributed by atoms with van der Waals surface area (Å²) in [6.07, 6.45) is 2.57. The maximum absolute atomic E-state index is 5.78. The molecule has 0 aliphatic carbocycles. The molecule has 2 rings (SSSR count). The lowest BCUT2D eigenvalue weighted by Gasteiger charge is -2.38. The normalized spacial score (nSPS) is 32.8.